The second-order valence-corrected chi connectivity index (χ2v) is 28.2. The van der Waals surface area contributed by atoms with Gasteiger partial charge in [0.1, 0.15) is 34.7 Å². The van der Waals surface area contributed by atoms with Gasteiger partial charge < -0.3 is 44.9 Å². The number of aryl methyl sites for hydroxylation is 1. The molecule has 0 bridgehead atoms. The number of carbonyl (C=O) groups excluding carboxylic acids is 6. The predicted molar refractivity (Wildman–Crippen MR) is 503 cm³/mol. The summed E-state index contributed by atoms with van der Waals surface area (Å²) in [5, 5.41) is 26.3. The number of nitrogens with zero attached hydrogens (tertiary/aromatic N) is 15. The fourth-order valence-electron chi connectivity index (χ4n) is 10.8. The minimum absolute atomic E-state index is 0. The van der Waals surface area contributed by atoms with Gasteiger partial charge in [-0.05, 0) is 130 Å². The van der Waals surface area contributed by atoms with Crippen LogP contribution >= 0.6 is 0 Å². The zero-order chi connectivity index (χ0) is 103. The largest absolute Gasteiger partial charge is 0.661 e. The second-order valence-electron chi connectivity index (χ2n) is 28.2. The Kier molecular flexibility index (Phi) is 61.0. The number of halogens is 11. The van der Waals surface area contributed by atoms with Crippen LogP contribution in [0.1, 0.15) is 143 Å². The quantitative estimate of drug-likeness (QED) is 0.0623. The average molecular weight is 3060 g/mol. The number of carbonyl (C=O) groups is 6. The third-order valence-corrected chi connectivity index (χ3v) is 17.7. The molecule has 0 amide bonds. The van der Waals surface area contributed by atoms with E-state index in [1.54, 1.807) is 183 Å². The van der Waals surface area contributed by atoms with Crippen molar-refractivity contribution in [1.29, 1.82) is 15.8 Å². The molecule has 38 heteroatoms. The Balaban J connectivity index is 0.000000809. The van der Waals surface area contributed by atoms with Gasteiger partial charge in [0, 0.05) is 187 Å². The molecular formula is C109H78F11Ir6N15O6-12. The molecular weight excluding hydrogens is 2980 g/mol. The van der Waals surface area contributed by atoms with E-state index in [9.17, 15) is 77.1 Å². The first-order valence-corrected chi connectivity index (χ1v) is 41.4. The van der Waals surface area contributed by atoms with E-state index in [0.29, 0.717) is 62.7 Å². The SMILES string of the molecule is CC(=O)c1ccc[n-]1.CC(=O)c1ccc[n-]1.CC(=O)c1ccc[n-]1.CC(=O)c1ccc[n-]1.CC(=O)c1ccc[n-]1.CC(=O)c1ccc[n-]1.Cc1ccc(-c2ccccn2)[c-]c1C#N.FC(F)(F)c1[c-]c(-c2ccccn2)cc(C(F)(F)F)c1.Fc1c[c-]c(-c2ccccn2)c(F)c1.N#Cc1[c-]c(-c2ccccn2)cc(C(F)(F)F)c1.N#Cc1[c-]c(-c2ccccn2)ccc1.[Ir].[Ir].[Ir].[Ir].[Ir].[Ir].[c-]1ccccc1-c1ccccn1. The zero-order valence-electron chi connectivity index (χ0n) is 77.7. The Labute approximate surface area is 921 Å². The van der Waals surface area contributed by atoms with E-state index in [2.05, 4.69) is 102 Å². The van der Waals surface area contributed by atoms with Gasteiger partial charge in [0.05, 0.1) is 0 Å². The van der Waals surface area contributed by atoms with E-state index in [1.165, 1.54) is 72.1 Å². The van der Waals surface area contributed by atoms with E-state index in [4.69, 9.17) is 15.8 Å². The summed E-state index contributed by atoms with van der Waals surface area (Å²) in [6.07, 6.45) is 4.90. The number of hydrogen-bond donors (Lipinski definition) is 0. The summed E-state index contributed by atoms with van der Waals surface area (Å²) in [6.45, 7) is 10.9. The second kappa shape index (κ2) is 68.8. The van der Waals surface area contributed by atoms with Crippen molar-refractivity contribution in [3.8, 4) is 85.8 Å². The number of alkyl halides is 9. The third kappa shape index (κ3) is 47.5. The monoisotopic (exact) mass is 3060 g/mol. The Morgan fingerprint density at radius 1 is 0.299 bits per heavy atom. The maximum atomic E-state index is 13.2. The summed E-state index contributed by atoms with van der Waals surface area (Å²) in [6, 6.07) is 95.5. The van der Waals surface area contributed by atoms with Gasteiger partial charge >= 0.3 is 18.5 Å². The summed E-state index contributed by atoms with van der Waals surface area (Å²) in [5.41, 5.74) is 7.61. The first kappa shape index (κ1) is 131. The van der Waals surface area contributed by atoms with Crippen LogP contribution in [0.3, 0.4) is 0 Å². The van der Waals surface area contributed by atoms with Crippen LogP contribution in [0.2, 0.25) is 0 Å². The molecule has 0 spiro atoms. The molecule has 6 radical (unpaired) electrons. The standard InChI is InChI=1S/C13H6F6N.C13H6F3N2.C13H9N2.C12H7N2.C11H6F2N.C11H8N.6C6H7NO.6Ir/c14-12(15,16)9-5-8(11-3-1-2-4-20-11)6-10(7-9)13(17,18)19;14-13(15,16)11-6-9(8-17)5-10(7-11)12-3-1-2-4-18-12;1-10-5-6-11(8-12(10)9-14)13-4-2-3-7-15-13;13-9-10-4-3-5-11(8-10)12-6-1-2-7-14-12;12-8-4-5-9(10(13)7-8)11-3-1-2-6-14-11;1-2-6-10(7-3-1)11-8-4-5-9-12-11;6*1-5(8)6-3-2-4-7-6;;;;;;/h1-5,7H;1-4,6-7H;2-7H,1H3;1-7H;1-4,6-7H;1-6,8-9H;6*2-4H,1H3,(H,7,8);;;;;;/q6*-1;;;;;;;;;;;;/p-6. The Hall–Kier alpha value is -14.5. The van der Waals surface area contributed by atoms with Crippen LogP contribution in [0, 0.1) is 88.9 Å². The smallest absolute Gasteiger partial charge is 0.403 e. The van der Waals surface area contributed by atoms with Crippen LogP contribution in [-0.4, -0.2) is 64.6 Å². The first-order chi connectivity index (χ1) is 67.5. The van der Waals surface area contributed by atoms with Gasteiger partial charge in [0.15, 0.2) is 0 Å². The van der Waals surface area contributed by atoms with Crippen LogP contribution in [0.15, 0.2) is 347 Å². The molecule has 0 aliphatic rings. The van der Waals surface area contributed by atoms with Crippen molar-refractivity contribution in [3.05, 3.63) is 468 Å². The van der Waals surface area contributed by atoms with Crippen molar-refractivity contribution in [1.82, 2.24) is 59.8 Å². The van der Waals surface area contributed by atoms with E-state index >= 15 is 0 Å². The fraction of sp³-hybridized carbons (Fsp3) is 0.0917. The number of aromatic nitrogens is 12. The van der Waals surface area contributed by atoms with Crippen LogP contribution in [0.25, 0.3) is 67.5 Å². The summed E-state index contributed by atoms with van der Waals surface area (Å²) in [4.78, 5) is 109. The molecule has 18 aromatic rings. The number of benzene rings is 6. The molecule has 0 atom stereocenters. The van der Waals surface area contributed by atoms with Crippen molar-refractivity contribution in [3.63, 3.8) is 0 Å². The molecule has 768 valence electrons. The topological polar surface area (TPSA) is 336 Å². The molecule has 0 saturated heterocycles. The van der Waals surface area contributed by atoms with Crippen LogP contribution < -0.4 is 29.9 Å². The third-order valence-electron chi connectivity index (χ3n) is 17.7. The molecule has 147 heavy (non-hydrogen) atoms. The van der Waals surface area contributed by atoms with Crippen molar-refractivity contribution in [2.24, 2.45) is 0 Å². The summed E-state index contributed by atoms with van der Waals surface area (Å²) in [5.74, 6) is -1.15. The van der Waals surface area contributed by atoms with Gasteiger partial charge in [0.25, 0.3) is 0 Å². The van der Waals surface area contributed by atoms with Crippen molar-refractivity contribution < 1.29 is 198 Å². The molecule has 0 aliphatic carbocycles. The number of nitriles is 3. The van der Waals surface area contributed by atoms with Gasteiger partial charge in [0.2, 0.25) is 0 Å². The Bertz CT molecular complexity index is 6590. The van der Waals surface area contributed by atoms with Gasteiger partial charge in [-0.3, -0.25) is 52.5 Å². The van der Waals surface area contributed by atoms with E-state index in [1.807, 2.05) is 116 Å². The van der Waals surface area contributed by atoms with Crippen molar-refractivity contribution in [2.45, 2.75) is 67.0 Å². The van der Waals surface area contributed by atoms with Crippen molar-refractivity contribution in [2.75, 3.05) is 0 Å². The number of pyridine rings is 6. The molecule has 0 N–H and O–H groups in total. The van der Waals surface area contributed by atoms with Crippen LogP contribution in [0.4, 0.5) is 48.3 Å². The van der Waals surface area contributed by atoms with Gasteiger partial charge in [-0.25, -0.2) is 15.8 Å². The van der Waals surface area contributed by atoms with Crippen LogP contribution in [0.5, 0.6) is 0 Å². The Morgan fingerprint density at radius 2 is 0.612 bits per heavy atom. The summed E-state index contributed by atoms with van der Waals surface area (Å²) >= 11 is 0. The van der Waals surface area contributed by atoms with Gasteiger partial charge in [-0.1, -0.05) is 232 Å². The molecule has 0 fully saturated rings. The molecule has 0 aliphatic heterocycles. The molecule has 12 aromatic heterocycles. The van der Waals surface area contributed by atoms with Crippen molar-refractivity contribution >= 4 is 34.7 Å². The van der Waals surface area contributed by atoms with E-state index in [0.717, 1.165) is 63.6 Å². The number of ketones is 6. The summed E-state index contributed by atoms with van der Waals surface area (Å²) < 4.78 is 140. The zero-order valence-corrected chi connectivity index (χ0v) is 92.1. The predicted octanol–water partition coefficient (Wildman–Crippen LogP) is 23.6. The minimum atomic E-state index is -4.91. The van der Waals surface area contributed by atoms with E-state index < -0.39 is 46.9 Å². The Morgan fingerprint density at radius 3 is 0.898 bits per heavy atom. The maximum Gasteiger partial charge on any atom is 0.403 e. The maximum absolute atomic E-state index is 13.2. The van der Waals surface area contributed by atoms with Gasteiger partial charge in [-0.15, -0.1) is 138 Å². The van der Waals surface area contributed by atoms with Crippen LogP contribution in [-0.2, 0) is 139 Å². The number of rotatable bonds is 12. The normalized spacial score (nSPS) is 9.65. The average Bonchev–Trinajstić information content (AvgIpc) is 1.61. The number of Topliss-reactive ketones (excluding diaryl/α,β-unsaturated/α-hetero) is 6. The minimum Gasteiger partial charge on any atom is -0.661 e. The summed E-state index contributed by atoms with van der Waals surface area (Å²) in [7, 11) is 0. The number of hydrogen-bond acceptors (Lipinski definition) is 15. The van der Waals surface area contributed by atoms with Gasteiger partial charge in [-0.2, -0.15) is 76.7 Å². The molecule has 0 unspecified atom stereocenters. The molecule has 0 saturated carbocycles. The molecule has 6 aromatic carbocycles. The first-order valence-electron chi connectivity index (χ1n) is 41.4. The molecule has 18 rings (SSSR count). The molecule has 21 nitrogen and oxygen atoms in total. The fourth-order valence-corrected chi connectivity index (χ4v) is 10.8. The molecule has 12 heterocycles. The van der Waals surface area contributed by atoms with E-state index in [-0.39, 0.29) is 189 Å².